The molecule has 0 unspecified atom stereocenters. The summed E-state index contributed by atoms with van der Waals surface area (Å²) in [4.78, 5) is 13.8. The van der Waals surface area contributed by atoms with E-state index in [-0.39, 0.29) is 11.2 Å². The monoisotopic (exact) mass is 412 g/mol. The number of nitrogens with zero attached hydrogens (tertiary/aromatic N) is 3. The fourth-order valence-corrected chi connectivity index (χ4v) is 4.77. The van der Waals surface area contributed by atoms with Crippen LogP contribution in [0.15, 0.2) is 53.0 Å². The Bertz CT molecular complexity index is 904. The second-order valence-corrected chi connectivity index (χ2v) is 9.38. The van der Waals surface area contributed by atoms with Gasteiger partial charge in [0.15, 0.2) is 5.16 Å². The molecule has 1 aliphatic carbocycles. The smallest absolute Gasteiger partial charge is 0.233 e. The molecule has 28 heavy (non-hydrogen) atoms. The molecule has 4 rings (SSSR count). The SMILES string of the molecule is C[C@H](Sc1nnc(Cc2cccs2)n1C1CC1)C(=O)NCCc1ccccc1. The summed E-state index contributed by atoms with van der Waals surface area (Å²) in [6.45, 7) is 2.58. The number of carbonyl (C=O) groups is 1. The van der Waals surface area contributed by atoms with Crippen LogP contribution in [-0.2, 0) is 17.6 Å². The minimum atomic E-state index is -0.202. The summed E-state index contributed by atoms with van der Waals surface area (Å²) in [6, 6.07) is 14.9. The molecule has 3 aromatic rings. The van der Waals surface area contributed by atoms with Crippen LogP contribution < -0.4 is 5.32 Å². The number of aromatic nitrogens is 3. The van der Waals surface area contributed by atoms with Crippen molar-refractivity contribution in [1.29, 1.82) is 0 Å². The number of amides is 1. The van der Waals surface area contributed by atoms with Gasteiger partial charge >= 0.3 is 0 Å². The van der Waals surface area contributed by atoms with Crippen LogP contribution in [0, 0.1) is 0 Å². The van der Waals surface area contributed by atoms with Gasteiger partial charge in [0.2, 0.25) is 5.91 Å². The van der Waals surface area contributed by atoms with E-state index in [1.807, 2.05) is 25.1 Å². The molecule has 1 aliphatic rings. The van der Waals surface area contributed by atoms with Gasteiger partial charge in [0, 0.05) is 23.9 Å². The number of thiophene rings is 1. The first-order chi connectivity index (χ1) is 13.7. The average molecular weight is 413 g/mol. The molecule has 0 bridgehead atoms. The summed E-state index contributed by atoms with van der Waals surface area (Å²) in [5.74, 6) is 1.05. The lowest BCUT2D eigenvalue weighted by Crippen LogP contribution is -2.32. The highest BCUT2D eigenvalue weighted by atomic mass is 32.2. The maximum atomic E-state index is 12.5. The van der Waals surface area contributed by atoms with Gasteiger partial charge in [-0.3, -0.25) is 4.79 Å². The fourth-order valence-electron chi connectivity index (χ4n) is 3.11. The highest BCUT2D eigenvalue weighted by molar-refractivity contribution is 8.00. The Morgan fingerprint density at radius 3 is 2.79 bits per heavy atom. The number of thioether (sulfide) groups is 1. The van der Waals surface area contributed by atoms with Crippen molar-refractivity contribution in [3.8, 4) is 0 Å². The minimum absolute atomic E-state index is 0.0473. The van der Waals surface area contributed by atoms with E-state index in [0.29, 0.717) is 12.6 Å². The molecule has 2 aromatic heterocycles. The second kappa shape index (κ2) is 8.92. The Hall–Kier alpha value is -2.12. The van der Waals surface area contributed by atoms with Crippen LogP contribution in [-0.4, -0.2) is 32.5 Å². The van der Waals surface area contributed by atoms with E-state index in [1.165, 1.54) is 35.0 Å². The van der Waals surface area contributed by atoms with Gasteiger partial charge < -0.3 is 9.88 Å². The fraction of sp³-hybridized carbons (Fsp3) is 0.381. The van der Waals surface area contributed by atoms with Crippen LogP contribution >= 0.6 is 23.1 Å². The third-order valence-corrected chi connectivity index (χ3v) is 6.70. The van der Waals surface area contributed by atoms with Gasteiger partial charge in [-0.25, -0.2) is 0 Å². The van der Waals surface area contributed by atoms with E-state index in [0.717, 1.165) is 23.8 Å². The zero-order chi connectivity index (χ0) is 19.3. The molecule has 0 aliphatic heterocycles. The van der Waals surface area contributed by atoms with Gasteiger partial charge in [0.1, 0.15) is 5.82 Å². The lowest BCUT2D eigenvalue weighted by Gasteiger charge is -2.13. The first kappa shape index (κ1) is 19.2. The third kappa shape index (κ3) is 4.83. The summed E-state index contributed by atoms with van der Waals surface area (Å²) in [5.41, 5.74) is 1.23. The van der Waals surface area contributed by atoms with Crippen LogP contribution in [0.25, 0.3) is 0 Å². The maximum absolute atomic E-state index is 12.5. The third-order valence-electron chi connectivity index (χ3n) is 4.77. The molecule has 1 aromatic carbocycles. The van der Waals surface area contributed by atoms with Crippen molar-refractivity contribution in [3.63, 3.8) is 0 Å². The molecule has 1 N–H and O–H groups in total. The number of benzene rings is 1. The first-order valence-corrected chi connectivity index (χ1v) is 11.4. The standard InChI is InChI=1S/C21H24N4OS2/c1-15(20(26)22-12-11-16-6-3-2-4-7-16)28-21-24-23-19(25(21)17-9-10-17)14-18-8-5-13-27-18/h2-8,13,15,17H,9-12,14H2,1H3,(H,22,26)/t15-/m0/s1. The lowest BCUT2D eigenvalue weighted by molar-refractivity contribution is -0.120. The molecule has 0 saturated heterocycles. The summed E-state index contributed by atoms with van der Waals surface area (Å²) < 4.78 is 2.25. The van der Waals surface area contributed by atoms with Crippen LogP contribution in [0.4, 0.5) is 0 Å². The Labute approximate surface area is 173 Å². The lowest BCUT2D eigenvalue weighted by atomic mass is 10.1. The van der Waals surface area contributed by atoms with Gasteiger partial charge in [-0.2, -0.15) is 0 Å². The molecule has 146 valence electrons. The van der Waals surface area contributed by atoms with Gasteiger partial charge in [-0.05, 0) is 43.2 Å². The van der Waals surface area contributed by atoms with Crippen molar-refractivity contribution in [2.24, 2.45) is 0 Å². The number of hydrogen-bond acceptors (Lipinski definition) is 5. The summed E-state index contributed by atoms with van der Waals surface area (Å²) in [6.07, 6.45) is 3.98. The molecule has 0 radical (unpaired) electrons. The van der Waals surface area contributed by atoms with Crippen molar-refractivity contribution >= 4 is 29.0 Å². The quantitative estimate of drug-likeness (QED) is 0.538. The number of carbonyl (C=O) groups excluding carboxylic acids is 1. The van der Waals surface area contributed by atoms with Crippen LogP contribution in [0.1, 0.15) is 42.1 Å². The molecule has 1 fully saturated rings. The van der Waals surface area contributed by atoms with Crippen LogP contribution in [0.5, 0.6) is 0 Å². The zero-order valence-corrected chi connectivity index (χ0v) is 17.5. The van der Waals surface area contributed by atoms with E-state index in [2.05, 4.69) is 49.7 Å². The van der Waals surface area contributed by atoms with Gasteiger partial charge in [0.05, 0.1) is 5.25 Å². The highest BCUT2D eigenvalue weighted by Crippen LogP contribution is 2.40. The maximum Gasteiger partial charge on any atom is 0.233 e. The summed E-state index contributed by atoms with van der Waals surface area (Å²) in [5, 5.41) is 14.6. The average Bonchev–Trinajstić information content (AvgIpc) is 3.26. The van der Waals surface area contributed by atoms with E-state index >= 15 is 0 Å². The molecule has 1 amide bonds. The zero-order valence-electron chi connectivity index (χ0n) is 15.9. The Morgan fingerprint density at radius 2 is 2.07 bits per heavy atom. The van der Waals surface area contributed by atoms with E-state index < -0.39 is 0 Å². The Balaban J connectivity index is 1.35. The van der Waals surface area contributed by atoms with Gasteiger partial charge in [-0.1, -0.05) is 48.2 Å². The summed E-state index contributed by atoms with van der Waals surface area (Å²) in [7, 11) is 0. The van der Waals surface area contributed by atoms with Crippen LogP contribution in [0.2, 0.25) is 0 Å². The van der Waals surface area contributed by atoms with Gasteiger partial charge in [-0.15, -0.1) is 21.5 Å². The van der Waals surface area contributed by atoms with E-state index in [1.54, 1.807) is 11.3 Å². The highest BCUT2D eigenvalue weighted by Gasteiger charge is 2.31. The topological polar surface area (TPSA) is 59.8 Å². The minimum Gasteiger partial charge on any atom is -0.355 e. The second-order valence-electron chi connectivity index (χ2n) is 7.04. The van der Waals surface area contributed by atoms with Crippen molar-refractivity contribution in [1.82, 2.24) is 20.1 Å². The molecule has 5 nitrogen and oxygen atoms in total. The normalized spacial score (nSPS) is 14.8. The molecule has 1 saturated carbocycles. The Morgan fingerprint density at radius 1 is 1.25 bits per heavy atom. The predicted molar refractivity (Wildman–Crippen MR) is 114 cm³/mol. The molecule has 1 atom stereocenters. The Kier molecular flexibility index (Phi) is 6.12. The predicted octanol–water partition coefficient (Wildman–Crippen LogP) is 4.10. The molecule has 2 heterocycles. The number of hydrogen-bond donors (Lipinski definition) is 1. The van der Waals surface area contributed by atoms with Crippen molar-refractivity contribution in [3.05, 3.63) is 64.1 Å². The van der Waals surface area contributed by atoms with Crippen molar-refractivity contribution in [2.75, 3.05) is 6.54 Å². The molecule has 7 heteroatoms. The number of rotatable bonds is 9. The van der Waals surface area contributed by atoms with Crippen molar-refractivity contribution in [2.45, 2.75) is 49.1 Å². The van der Waals surface area contributed by atoms with Gasteiger partial charge in [0.25, 0.3) is 0 Å². The molecular weight excluding hydrogens is 388 g/mol. The van der Waals surface area contributed by atoms with Crippen LogP contribution in [0.3, 0.4) is 0 Å². The molecular formula is C21H24N4OS2. The van der Waals surface area contributed by atoms with E-state index in [9.17, 15) is 4.79 Å². The number of nitrogens with one attached hydrogen (secondary N) is 1. The largest absolute Gasteiger partial charge is 0.355 e. The first-order valence-electron chi connectivity index (χ1n) is 9.65. The van der Waals surface area contributed by atoms with Crippen molar-refractivity contribution < 1.29 is 4.79 Å². The van der Waals surface area contributed by atoms with E-state index in [4.69, 9.17) is 0 Å². The summed E-state index contributed by atoms with van der Waals surface area (Å²) >= 11 is 3.25. The molecule has 0 spiro atoms.